The summed E-state index contributed by atoms with van der Waals surface area (Å²) >= 11 is 0. The molecule has 2 atom stereocenters. The Kier molecular flexibility index (Phi) is 5.92. The Morgan fingerprint density at radius 2 is 1.66 bits per heavy atom. The summed E-state index contributed by atoms with van der Waals surface area (Å²) < 4.78 is 27.4. The van der Waals surface area contributed by atoms with Crippen LogP contribution in [-0.2, 0) is 21.4 Å². The third-order valence-electron chi connectivity index (χ3n) is 6.14. The van der Waals surface area contributed by atoms with E-state index in [1.807, 2.05) is 26.0 Å². The number of hydrogen-bond donors (Lipinski definition) is 2. The Bertz CT molecular complexity index is 1140. The van der Waals surface area contributed by atoms with Crippen molar-refractivity contribution in [1.29, 1.82) is 0 Å². The van der Waals surface area contributed by atoms with Gasteiger partial charge in [0.1, 0.15) is 0 Å². The van der Waals surface area contributed by atoms with Crippen LogP contribution in [0.3, 0.4) is 0 Å². The van der Waals surface area contributed by atoms with Crippen molar-refractivity contribution in [3.63, 3.8) is 0 Å². The maximum absolute atomic E-state index is 13.0. The molecular formula is C24H27N3O4S. The third-order valence-corrected chi connectivity index (χ3v) is 7.99. The number of benzene rings is 2. The number of hydrogen-bond acceptors (Lipinski definition) is 4. The van der Waals surface area contributed by atoms with Crippen molar-refractivity contribution in [1.82, 2.24) is 14.9 Å². The summed E-state index contributed by atoms with van der Waals surface area (Å²) in [6.07, 6.45) is 1.22. The Labute approximate surface area is 188 Å². The Morgan fingerprint density at radius 1 is 1.06 bits per heavy atom. The molecule has 1 saturated heterocycles. The van der Waals surface area contributed by atoms with Gasteiger partial charge in [-0.3, -0.25) is 9.59 Å². The van der Waals surface area contributed by atoms with E-state index in [2.05, 4.69) is 23.3 Å². The van der Waals surface area contributed by atoms with E-state index in [1.165, 1.54) is 34.6 Å². The highest BCUT2D eigenvalue weighted by molar-refractivity contribution is 7.89. The number of aryl methyl sites for hydroxylation is 2. The molecule has 2 aliphatic rings. The molecule has 32 heavy (non-hydrogen) atoms. The van der Waals surface area contributed by atoms with Gasteiger partial charge in [-0.2, -0.15) is 4.31 Å². The first-order chi connectivity index (χ1) is 15.2. The summed E-state index contributed by atoms with van der Waals surface area (Å²) in [7, 11) is -3.64. The van der Waals surface area contributed by atoms with E-state index in [4.69, 9.17) is 0 Å². The molecule has 2 amide bonds. The van der Waals surface area contributed by atoms with E-state index in [9.17, 15) is 18.0 Å². The molecular weight excluding hydrogens is 426 g/mol. The number of fused-ring (bicyclic) bond motifs is 1. The topological polar surface area (TPSA) is 95.6 Å². The lowest BCUT2D eigenvalue weighted by Gasteiger charge is -2.20. The molecule has 2 fully saturated rings. The zero-order valence-corrected chi connectivity index (χ0v) is 19.0. The van der Waals surface area contributed by atoms with Crippen LogP contribution in [0.15, 0.2) is 60.0 Å². The van der Waals surface area contributed by atoms with Crippen LogP contribution in [0.2, 0.25) is 0 Å². The Morgan fingerprint density at radius 3 is 2.22 bits per heavy atom. The van der Waals surface area contributed by atoms with Crippen molar-refractivity contribution in [2.45, 2.75) is 31.3 Å². The number of sulfonamides is 1. The van der Waals surface area contributed by atoms with E-state index in [1.54, 1.807) is 0 Å². The lowest BCUT2D eigenvalue weighted by Crippen LogP contribution is -2.37. The van der Waals surface area contributed by atoms with Gasteiger partial charge in [0.25, 0.3) is 5.91 Å². The second kappa shape index (κ2) is 8.52. The van der Waals surface area contributed by atoms with Crippen LogP contribution in [0.5, 0.6) is 0 Å². The van der Waals surface area contributed by atoms with Gasteiger partial charge in [-0.05, 0) is 61.6 Å². The number of nitrogens with zero attached hydrogens (tertiary/aromatic N) is 1. The molecule has 0 spiro atoms. The molecule has 0 radical (unpaired) electrons. The van der Waals surface area contributed by atoms with E-state index >= 15 is 0 Å². The molecule has 2 aromatic rings. The van der Waals surface area contributed by atoms with Crippen molar-refractivity contribution < 1.29 is 18.0 Å². The van der Waals surface area contributed by atoms with Gasteiger partial charge in [-0.25, -0.2) is 8.42 Å². The Hall–Kier alpha value is -2.97. The second-order valence-corrected chi connectivity index (χ2v) is 10.5. The summed E-state index contributed by atoms with van der Waals surface area (Å²) in [5, 5.41) is 5.72. The number of carbonyl (C=O) groups excluding carboxylic acids is 2. The monoisotopic (exact) mass is 453 g/mol. The Balaban J connectivity index is 1.35. The molecule has 168 valence electrons. The van der Waals surface area contributed by atoms with E-state index in [-0.39, 0.29) is 34.6 Å². The largest absolute Gasteiger partial charge is 0.349 e. The first-order valence-electron chi connectivity index (χ1n) is 10.6. The van der Waals surface area contributed by atoms with Crippen LogP contribution in [0.4, 0.5) is 0 Å². The SMILES string of the molecule is C=CC(=O)NC1C2CN(S(=O)(=O)c3ccc(C(=O)NCc4cc(C)cc(C)c4)cc3)CC21. The van der Waals surface area contributed by atoms with Crippen molar-refractivity contribution in [3.8, 4) is 0 Å². The fraction of sp³-hybridized carbons (Fsp3) is 0.333. The minimum absolute atomic E-state index is 0.0233. The van der Waals surface area contributed by atoms with Crippen molar-refractivity contribution >= 4 is 21.8 Å². The van der Waals surface area contributed by atoms with Gasteiger partial charge in [0.2, 0.25) is 15.9 Å². The molecule has 0 bridgehead atoms. The molecule has 2 aromatic carbocycles. The van der Waals surface area contributed by atoms with Gasteiger partial charge in [0.05, 0.1) is 4.90 Å². The molecule has 4 rings (SSSR count). The van der Waals surface area contributed by atoms with Crippen molar-refractivity contribution in [2.24, 2.45) is 11.8 Å². The summed E-state index contributed by atoms with van der Waals surface area (Å²) in [6, 6.07) is 12.2. The zero-order chi connectivity index (χ0) is 23.0. The summed E-state index contributed by atoms with van der Waals surface area (Å²) in [5.41, 5.74) is 3.70. The molecule has 8 heteroatoms. The third kappa shape index (κ3) is 4.47. The van der Waals surface area contributed by atoms with Gasteiger partial charge < -0.3 is 10.6 Å². The van der Waals surface area contributed by atoms with Gasteiger partial charge in [0.15, 0.2) is 0 Å². The van der Waals surface area contributed by atoms with Crippen LogP contribution < -0.4 is 10.6 Å². The lowest BCUT2D eigenvalue weighted by molar-refractivity contribution is -0.116. The normalized spacial score (nSPS) is 22.1. The van der Waals surface area contributed by atoms with E-state index in [0.29, 0.717) is 25.2 Å². The second-order valence-electron chi connectivity index (χ2n) is 8.59. The van der Waals surface area contributed by atoms with Crippen LogP contribution in [0, 0.1) is 25.7 Å². The summed E-state index contributed by atoms with van der Waals surface area (Å²) in [4.78, 5) is 24.1. The van der Waals surface area contributed by atoms with Crippen molar-refractivity contribution in [3.05, 3.63) is 77.4 Å². The highest BCUT2D eigenvalue weighted by atomic mass is 32.2. The van der Waals surface area contributed by atoms with Gasteiger partial charge >= 0.3 is 0 Å². The average Bonchev–Trinajstić information content (AvgIpc) is 3.18. The maximum atomic E-state index is 13.0. The van der Waals surface area contributed by atoms with Gasteiger partial charge in [-0.1, -0.05) is 35.9 Å². The number of rotatable bonds is 7. The van der Waals surface area contributed by atoms with Crippen molar-refractivity contribution in [2.75, 3.05) is 13.1 Å². The minimum Gasteiger partial charge on any atom is -0.349 e. The highest BCUT2D eigenvalue weighted by Gasteiger charge is 2.58. The molecule has 1 aliphatic heterocycles. The van der Waals surface area contributed by atoms with Crippen LogP contribution in [-0.4, -0.2) is 43.7 Å². The van der Waals surface area contributed by atoms with Gasteiger partial charge in [0, 0.05) is 31.2 Å². The predicted molar refractivity (Wildman–Crippen MR) is 121 cm³/mol. The zero-order valence-electron chi connectivity index (χ0n) is 18.2. The minimum atomic E-state index is -3.64. The number of piperidine rings is 1. The maximum Gasteiger partial charge on any atom is 0.251 e. The quantitative estimate of drug-likeness (QED) is 0.628. The first kappa shape index (κ1) is 22.2. The predicted octanol–water partition coefficient (Wildman–Crippen LogP) is 2.15. The van der Waals surface area contributed by atoms with Crippen LogP contribution >= 0.6 is 0 Å². The van der Waals surface area contributed by atoms with E-state index < -0.39 is 10.0 Å². The first-order valence-corrected chi connectivity index (χ1v) is 12.0. The lowest BCUT2D eigenvalue weighted by atomic mass is 10.1. The van der Waals surface area contributed by atoms with E-state index in [0.717, 1.165) is 16.7 Å². The summed E-state index contributed by atoms with van der Waals surface area (Å²) in [5.74, 6) is -0.200. The standard InChI is InChI=1S/C24H27N3O4S/c1-4-22(28)26-23-20-13-27(14-21(20)23)32(30,31)19-7-5-18(6-8-19)24(29)25-12-17-10-15(2)9-16(3)11-17/h4-11,20-21,23H,1,12-14H2,2-3H3,(H,25,29)(H,26,28). The fourth-order valence-corrected chi connectivity index (χ4v) is 6.02. The highest BCUT2D eigenvalue weighted by Crippen LogP contribution is 2.47. The molecule has 1 heterocycles. The molecule has 0 aromatic heterocycles. The average molecular weight is 454 g/mol. The number of amides is 2. The smallest absolute Gasteiger partial charge is 0.251 e. The number of carbonyl (C=O) groups is 2. The molecule has 1 aliphatic carbocycles. The molecule has 1 saturated carbocycles. The van der Waals surface area contributed by atoms with Gasteiger partial charge in [-0.15, -0.1) is 0 Å². The van der Waals surface area contributed by atoms with Crippen LogP contribution in [0.25, 0.3) is 0 Å². The summed E-state index contributed by atoms with van der Waals surface area (Å²) in [6.45, 7) is 8.63. The van der Waals surface area contributed by atoms with Crippen LogP contribution in [0.1, 0.15) is 27.0 Å². The molecule has 7 nitrogen and oxygen atoms in total. The fourth-order valence-electron chi connectivity index (χ4n) is 4.50. The molecule has 2 N–H and O–H groups in total. The number of nitrogens with one attached hydrogen (secondary N) is 2. The molecule has 2 unspecified atom stereocenters.